The van der Waals surface area contributed by atoms with Gasteiger partial charge in [-0.2, -0.15) is 4.98 Å². The van der Waals surface area contributed by atoms with E-state index < -0.39 is 0 Å². The number of aromatic nitrogens is 2. The minimum absolute atomic E-state index is 0.613. The summed E-state index contributed by atoms with van der Waals surface area (Å²) in [4.78, 5) is 6.54. The van der Waals surface area contributed by atoms with E-state index in [1.807, 2.05) is 25.1 Å². The smallest absolute Gasteiger partial charge is 0.240 e. The maximum atomic E-state index is 5.66. The monoisotopic (exact) mass is 260 g/mol. The van der Waals surface area contributed by atoms with Crippen LogP contribution in [-0.4, -0.2) is 28.1 Å². The summed E-state index contributed by atoms with van der Waals surface area (Å²) in [5.74, 6) is 1.41. The molecule has 1 heterocycles. The molecule has 0 atom stereocenters. The summed E-state index contributed by atoms with van der Waals surface area (Å²) in [7, 11) is 0. The van der Waals surface area contributed by atoms with Gasteiger partial charge in [-0.15, -0.1) is 0 Å². The first-order chi connectivity index (χ1) is 9.31. The molecule has 0 bridgehead atoms. The topological polar surface area (TPSA) is 68.2 Å². The van der Waals surface area contributed by atoms with E-state index in [1.165, 1.54) is 5.56 Å². The van der Waals surface area contributed by atoms with E-state index in [0.29, 0.717) is 19.0 Å². The molecule has 0 aliphatic heterocycles. The lowest BCUT2D eigenvalue weighted by Gasteiger charge is -2.19. The zero-order valence-electron chi connectivity index (χ0n) is 11.2. The average Bonchev–Trinajstić information content (AvgIpc) is 2.88. The van der Waals surface area contributed by atoms with E-state index in [9.17, 15) is 0 Å². The predicted octanol–water partition coefficient (Wildman–Crippen LogP) is 1.59. The van der Waals surface area contributed by atoms with Crippen molar-refractivity contribution in [1.82, 2.24) is 15.0 Å². The van der Waals surface area contributed by atoms with Gasteiger partial charge in [-0.1, -0.05) is 42.4 Å². The van der Waals surface area contributed by atoms with Gasteiger partial charge < -0.3 is 10.3 Å². The quantitative estimate of drug-likeness (QED) is 0.819. The van der Waals surface area contributed by atoms with Crippen molar-refractivity contribution >= 4 is 0 Å². The predicted molar refractivity (Wildman–Crippen MR) is 73.3 cm³/mol. The molecule has 19 heavy (non-hydrogen) atoms. The number of nitrogens with two attached hydrogens (primary N) is 1. The van der Waals surface area contributed by atoms with Crippen molar-refractivity contribution < 1.29 is 4.52 Å². The van der Waals surface area contributed by atoms with Crippen molar-refractivity contribution in [3.05, 3.63) is 47.6 Å². The molecular formula is C14H20N4O. The highest BCUT2D eigenvalue weighted by molar-refractivity contribution is 5.14. The van der Waals surface area contributed by atoms with Crippen LogP contribution < -0.4 is 5.73 Å². The summed E-state index contributed by atoms with van der Waals surface area (Å²) in [5, 5.41) is 3.91. The summed E-state index contributed by atoms with van der Waals surface area (Å²) < 4.78 is 5.23. The van der Waals surface area contributed by atoms with Crippen molar-refractivity contribution in [2.24, 2.45) is 5.73 Å². The van der Waals surface area contributed by atoms with Crippen molar-refractivity contribution in [3.63, 3.8) is 0 Å². The number of aryl methyl sites for hydroxylation is 1. The fraction of sp³-hybridized carbons (Fsp3) is 0.429. The molecule has 5 nitrogen and oxygen atoms in total. The van der Waals surface area contributed by atoms with E-state index in [0.717, 1.165) is 25.3 Å². The molecule has 0 radical (unpaired) electrons. The van der Waals surface area contributed by atoms with Crippen molar-refractivity contribution in [2.45, 2.75) is 26.4 Å². The maximum Gasteiger partial charge on any atom is 0.240 e. The van der Waals surface area contributed by atoms with E-state index >= 15 is 0 Å². The Balaban J connectivity index is 1.99. The molecule has 0 saturated carbocycles. The van der Waals surface area contributed by atoms with Crippen LogP contribution in [0.3, 0.4) is 0 Å². The molecule has 0 aliphatic carbocycles. The van der Waals surface area contributed by atoms with E-state index in [1.54, 1.807) is 0 Å². The third-order valence-corrected chi connectivity index (χ3v) is 2.88. The lowest BCUT2D eigenvalue weighted by Crippen LogP contribution is -2.28. The molecule has 1 aromatic heterocycles. The highest BCUT2D eigenvalue weighted by Gasteiger charge is 2.11. The fourth-order valence-corrected chi connectivity index (χ4v) is 1.93. The largest absolute Gasteiger partial charge is 0.338 e. The summed E-state index contributed by atoms with van der Waals surface area (Å²) in [6, 6.07) is 10.3. The zero-order chi connectivity index (χ0) is 13.5. The molecule has 102 valence electrons. The Morgan fingerprint density at radius 1 is 1.21 bits per heavy atom. The van der Waals surface area contributed by atoms with Gasteiger partial charge in [0.05, 0.1) is 6.54 Å². The molecule has 2 rings (SSSR count). The van der Waals surface area contributed by atoms with E-state index in [4.69, 9.17) is 10.3 Å². The molecule has 0 fully saturated rings. The van der Waals surface area contributed by atoms with Crippen molar-refractivity contribution in [1.29, 1.82) is 0 Å². The lowest BCUT2D eigenvalue weighted by molar-refractivity contribution is 0.224. The number of hydrogen-bond donors (Lipinski definition) is 1. The first-order valence-electron chi connectivity index (χ1n) is 6.59. The van der Waals surface area contributed by atoms with E-state index in [-0.39, 0.29) is 0 Å². The Morgan fingerprint density at radius 2 is 2.00 bits per heavy atom. The second-order valence-electron chi connectivity index (χ2n) is 4.44. The fourth-order valence-electron chi connectivity index (χ4n) is 1.93. The third kappa shape index (κ3) is 4.15. The molecule has 2 N–H and O–H groups in total. The third-order valence-electron chi connectivity index (χ3n) is 2.88. The van der Waals surface area contributed by atoms with Crippen molar-refractivity contribution in [2.75, 3.05) is 13.1 Å². The van der Waals surface area contributed by atoms with Crippen LogP contribution in [0.25, 0.3) is 0 Å². The number of hydrogen-bond acceptors (Lipinski definition) is 5. The molecule has 5 heteroatoms. The molecule has 0 spiro atoms. The van der Waals surface area contributed by atoms with Gasteiger partial charge in [-0.3, -0.25) is 4.90 Å². The van der Waals surface area contributed by atoms with Gasteiger partial charge in [-0.05, 0) is 5.56 Å². The number of nitrogens with zero attached hydrogens (tertiary/aromatic N) is 3. The van der Waals surface area contributed by atoms with Gasteiger partial charge in [-0.25, -0.2) is 0 Å². The van der Waals surface area contributed by atoms with Crippen LogP contribution in [0.4, 0.5) is 0 Å². The molecular weight excluding hydrogens is 240 g/mol. The van der Waals surface area contributed by atoms with Gasteiger partial charge in [0.25, 0.3) is 0 Å². The lowest BCUT2D eigenvalue weighted by atomic mass is 10.2. The van der Waals surface area contributed by atoms with Gasteiger partial charge >= 0.3 is 0 Å². The standard InChI is InChI=1S/C14H20N4O/c1-2-13-16-14(19-17-13)11-18(9-8-15)10-12-6-4-3-5-7-12/h3-7H,2,8-11,15H2,1H3. The second kappa shape index (κ2) is 7.01. The number of rotatable bonds is 7. The Bertz CT molecular complexity index is 483. The normalized spacial score (nSPS) is 11.1. The number of benzene rings is 1. The van der Waals surface area contributed by atoms with Gasteiger partial charge in [0.2, 0.25) is 5.89 Å². The van der Waals surface area contributed by atoms with Crippen molar-refractivity contribution in [3.8, 4) is 0 Å². The highest BCUT2D eigenvalue weighted by Crippen LogP contribution is 2.08. The Morgan fingerprint density at radius 3 is 2.63 bits per heavy atom. The average molecular weight is 260 g/mol. The zero-order valence-corrected chi connectivity index (χ0v) is 11.2. The van der Waals surface area contributed by atoms with Gasteiger partial charge in [0, 0.05) is 26.1 Å². The summed E-state index contributed by atoms with van der Waals surface area (Å²) in [6.45, 7) is 4.90. The minimum Gasteiger partial charge on any atom is -0.338 e. The summed E-state index contributed by atoms with van der Waals surface area (Å²) >= 11 is 0. The first kappa shape index (κ1) is 13.7. The van der Waals surface area contributed by atoms with Crippen LogP contribution >= 0.6 is 0 Å². The van der Waals surface area contributed by atoms with Crippen LogP contribution in [0.5, 0.6) is 0 Å². The molecule has 0 aliphatic rings. The SMILES string of the molecule is CCc1noc(CN(CCN)Cc2ccccc2)n1. The highest BCUT2D eigenvalue weighted by atomic mass is 16.5. The Labute approximate surface area is 113 Å². The van der Waals surface area contributed by atoms with Crippen LogP contribution in [-0.2, 0) is 19.5 Å². The summed E-state index contributed by atoms with van der Waals surface area (Å²) in [5.41, 5.74) is 6.92. The first-order valence-corrected chi connectivity index (χ1v) is 6.59. The molecule has 0 unspecified atom stereocenters. The van der Waals surface area contributed by atoms with Crippen LogP contribution in [0.1, 0.15) is 24.2 Å². The molecule has 0 amide bonds. The van der Waals surface area contributed by atoms with E-state index in [2.05, 4.69) is 27.2 Å². The van der Waals surface area contributed by atoms with Crippen LogP contribution in [0.2, 0.25) is 0 Å². The molecule has 1 aromatic carbocycles. The van der Waals surface area contributed by atoms with Crippen LogP contribution in [0, 0.1) is 0 Å². The maximum absolute atomic E-state index is 5.66. The van der Waals surface area contributed by atoms with Gasteiger partial charge in [0.15, 0.2) is 5.82 Å². The Hall–Kier alpha value is -1.72. The molecule has 2 aromatic rings. The van der Waals surface area contributed by atoms with Crippen LogP contribution in [0.15, 0.2) is 34.9 Å². The minimum atomic E-state index is 0.613. The molecule has 0 saturated heterocycles. The Kier molecular flexibility index (Phi) is 5.06. The summed E-state index contributed by atoms with van der Waals surface area (Å²) in [6.07, 6.45) is 0.791. The van der Waals surface area contributed by atoms with Gasteiger partial charge in [0.1, 0.15) is 0 Å². The second-order valence-corrected chi connectivity index (χ2v) is 4.44.